The van der Waals surface area contributed by atoms with Crippen LogP contribution in [0.1, 0.15) is 48.2 Å². The number of hydrogen-bond donors (Lipinski definition) is 2. The monoisotopic (exact) mass is 632 g/mol. The molecule has 4 rings (SSSR count). The summed E-state index contributed by atoms with van der Waals surface area (Å²) in [5.41, 5.74) is -4.51. The molecule has 2 heterocycles. The van der Waals surface area contributed by atoms with Gasteiger partial charge in [0, 0.05) is 35.1 Å². The maximum absolute atomic E-state index is 13.9. The van der Waals surface area contributed by atoms with Gasteiger partial charge < -0.3 is 10.2 Å². The predicted octanol–water partition coefficient (Wildman–Crippen LogP) is 6.25. The second kappa shape index (κ2) is 13.8. The van der Waals surface area contributed by atoms with E-state index < -0.39 is 69.7 Å². The van der Waals surface area contributed by atoms with Crippen molar-refractivity contribution in [1.29, 1.82) is 0 Å². The Morgan fingerprint density at radius 1 is 0.643 bits per heavy atom. The van der Waals surface area contributed by atoms with Crippen molar-refractivity contribution in [2.75, 3.05) is 11.8 Å². The standard InChI is InChI=1S/2C14H12ClF3N2O/c2*1-8(13-12(18)5-19-7-20-13)14(21,6-15)10-3-2-9(16)4-11(10)17/h2*2-5,7-8,21H,6H2,1H3/t2*8-,14-/m10/s1. The van der Waals surface area contributed by atoms with Crippen LogP contribution in [-0.2, 0) is 11.2 Å². The molecule has 0 aliphatic heterocycles. The zero-order valence-corrected chi connectivity index (χ0v) is 23.6. The summed E-state index contributed by atoms with van der Waals surface area (Å²) in [6.45, 7) is 2.91. The van der Waals surface area contributed by atoms with E-state index in [1.807, 2.05) is 0 Å². The van der Waals surface area contributed by atoms with Gasteiger partial charge in [-0.1, -0.05) is 26.0 Å². The Kier molecular flexibility index (Phi) is 10.9. The molecule has 0 saturated heterocycles. The van der Waals surface area contributed by atoms with Gasteiger partial charge in [-0.25, -0.2) is 46.3 Å². The maximum atomic E-state index is 13.9. The SMILES string of the molecule is C[C@@H](c1ncncc1F)[C@@](O)(CCl)c1ccc(F)cc1F.C[C@H](c1ncncc1F)[C@](O)(CCl)c1ccc(F)cc1F. The Labute approximate surface area is 247 Å². The van der Waals surface area contributed by atoms with E-state index in [4.69, 9.17) is 23.2 Å². The van der Waals surface area contributed by atoms with Crippen LogP contribution in [0.4, 0.5) is 26.3 Å². The predicted molar refractivity (Wildman–Crippen MR) is 143 cm³/mol. The third-order valence-electron chi connectivity index (χ3n) is 6.85. The summed E-state index contributed by atoms with van der Waals surface area (Å²) in [4.78, 5) is 14.6. The average Bonchev–Trinajstić information content (AvgIpc) is 2.96. The molecule has 2 aromatic heterocycles. The smallest absolute Gasteiger partial charge is 0.163 e. The molecule has 0 bridgehead atoms. The number of nitrogens with zero attached hydrogens (tertiary/aromatic N) is 4. The molecule has 6 nitrogen and oxygen atoms in total. The van der Waals surface area contributed by atoms with E-state index in [1.54, 1.807) is 0 Å². The van der Waals surface area contributed by atoms with Crippen molar-refractivity contribution in [3.63, 3.8) is 0 Å². The molecule has 0 amide bonds. The molecule has 4 aromatic rings. The Balaban J connectivity index is 0.000000230. The van der Waals surface area contributed by atoms with Crippen LogP contribution in [0.5, 0.6) is 0 Å². The molecule has 0 aliphatic rings. The second-order valence-corrected chi connectivity index (χ2v) is 9.85. The van der Waals surface area contributed by atoms with Crippen LogP contribution in [0.25, 0.3) is 0 Å². The van der Waals surface area contributed by atoms with Gasteiger partial charge in [-0.3, -0.25) is 0 Å². The Morgan fingerprint density at radius 3 is 1.29 bits per heavy atom. The lowest BCUT2D eigenvalue weighted by Crippen LogP contribution is -2.36. The van der Waals surface area contributed by atoms with Crippen LogP contribution in [0.15, 0.2) is 61.4 Å². The van der Waals surface area contributed by atoms with Crippen LogP contribution >= 0.6 is 23.2 Å². The Hall–Kier alpha value is -3.32. The van der Waals surface area contributed by atoms with Crippen molar-refractivity contribution < 1.29 is 36.6 Å². The molecule has 0 spiro atoms. The van der Waals surface area contributed by atoms with Gasteiger partial charge in [0.25, 0.3) is 0 Å². The molecule has 0 fully saturated rings. The van der Waals surface area contributed by atoms with Crippen LogP contribution in [0.2, 0.25) is 0 Å². The molecular weight excluding hydrogens is 609 g/mol. The molecule has 224 valence electrons. The number of aliphatic hydroxyl groups is 2. The topological polar surface area (TPSA) is 92.0 Å². The van der Waals surface area contributed by atoms with E-state index >= 15 is 0 Å². The van der Waals surface area contributed by atoms with Crippen molar-refractivity contribution in [3.05, 3.63) is 119 Å². The fourth-order valence-corrected chi connectivity index (χ4v) is 5.01. The summed E-state index contributed by atoms with van der Waals surface area (Å²) in [7, 11) is 0. The fourth-order valence-electron chi connectivity index (χ4n) is 4.26. The lowest BCUT2D eigenvalue weighted by molar-refractivity contribution is 0.0295. The lowest BCUT2D eigenvalue weighted by Gasteiger charge is -2.32. The zero-order valence-electron chi connectivity index (χ0n) is 22.0. The van der Waals surface area contributed by atoms with Gasteiger partial charge in [0.1, 0.15) is 47.1 Å². The number of benzene rings is 2. The first-order chi connectivity index (χ1) is 19.8. The van der Waals surface area contributed by atoms with E-state index in [0.29, 0.717) is 12.1 Å². The van der Waals surface area contributed by atoms with Gasteiger partial charge in [0.2, 0.25) is 0 Å². The molecule has 0 unspecified atom stereocenters. The van der Waals surface area contributed by atoms with Crippen molar-refractivity contribution in [2.45, 2.75) is 36.9 Å². The van der Waals surface area contributed by atoms with Gasteiger partial charge >= 0.3 is 0 Å². The van der Waals surface area contributed by atoms with E-state index in [9.17, 15) is 36.6 Å². The summed E-state index contributed by atoms with van der Waals surface area (Å²) >= 11 is 11.6. The molecular formula is C28H24Cl2F6N4O2. The minimum Gasteiger partial charge on any atom is -0.383 e. The van der Waals surface area contributed by atoms with Crippen LogP contribution < -0.4 is 0 Å². The van der Waals surface area contributed by atoms with E-state index in [0.717, 1.165) is 49.3 Å². The number of rotatable bonds is 8. The quantitative estimate of drug-likeness (QED) is 0.176. The van der Waals surface area contributed by atoms with Gasteiger partial charge in [0.15, 0.2) is 11.6 Å². The van der Waals surface area contributed by atoms with Gasteiger partial charge in [0.05, 0.1) is 35.5 Å². The normalized spacial score (nSPS) is 15.5. The number of alkyl halides is 2. The fraction of sp³-hybridized carbons (Fsp3) is 0.286. The highest BCUT2D eigenvalue weighted by molar-refractivity contribution is 6.18. The van der Waals surface area contributed by atoms with E-state index in [-0.39, 0.29) is 22.5 Å². The highest BCUT2D eigenvalue weighted by atomic mass is 35.5. The molecule has 0 saturated carbocycles. The third kappa shape index (κ3) is 6.83. The summed E-state index contributed by atoms with van der Waals surface area (Å²) in [6.07, 6.45) is 4.11. The highest BCUT2D eigenvalue weighted by Gasteiger charge is 2.41. The van der Waals surface area contributed by atoms with E-state index in [1.165, 1.54) is 13.8 Å². The first-order valence-corrected chi connectivity index (χ1v) is 13.3. The van der Waals surface area contributed by atoms with Crippen molar-refractivity contribution >= 4 is 23.2 Å². The van der Waals surface area contributed by atoms with Crippen molar-refractivity contribution in [2.24, 2.45) is 0 Å². The molecule has 2 aromatic carbocycles. The number of halogens is 8. The van der Waals surface area contributed by atoms with Crippen molar-refractivity contribution in [3.8, 4) is 0 Å². The van der Waals surface area contributed by atoms with Gasteiger partial charge in [-0.2, -0.15) is 0 Å². The number of hydrogen-bond acceptors (Lipinski definition) is 6. The molecule has 4 atom stereocenters. The van der Waals surface area contributed by atoms with E-state index in [2.05, 4.69) is 19.9 Å². The minimum atomic E-state index is -1.94. The van der Waals surface area contributed by atoms with Crippen LogP contribution in [0.3, 0.4) is 0 Å². The number of aromatic nitrogens is 4. The molecule has 42 heavy (non-hydrogen) atoms. The minimum absolute atomic E-state index is 0.100. The first kappa shape index (κ1) is 33.2. The molecule has 0 aliphatic carbocycles. The summed E-state index contributed by atoms with van der Waals surface area (Å²) in [5.74, 6) is -7.72. The third-order valence-corrected chi connectivity index (χ3v) is 7.66. The Morgan fingerprint density at radius 2 is 1.00 bits per heavy atom. The summed E-state index contributed by atoms with van der Waals surface area (Å²) in [6, 6.07) is 5.44. The Bertz CT molecular complexity index is 1420. The summed E-state index contributed by atoms with van der Waals surface area (Å²) in [5, 5.41) is 21.4. The maximum Gasteiger partial charge on any atom is 0.163 e. The molecule has 14 heteroatoms. The lowest BCUT2D eigenvalue weighted by atomic mass is 9.81. The summed E-state index contributed by atoms with van der Waals surface area (Å²) < 4.78 is 81.3. The highest BCUT2D eigenvalue weighted by Crippen LogP contribution is 2.40. The average molecular weight is 633 g/mol. The molecule has 0 radical (unpaired) electrons. The van der Waals surface area contributed by atoms with Crippen molar-refractivity contribution in [1.82, 2.24) is 19.9 Å². The van der Waals surface area contributed by atoms with Gasteiger partial charge in [-0.15, -0.1) is 23.2 Å². The van der Waals surface area contributed by atoms with Crippen LogP contribution in [-0.4, -0.2) is 41.9 Å². The zero-order chi connectivity index (χ0) is 31.2. The second-order valence-electron chi connectivity index (χ2n) is 9.32. The van der Waals surface area contributed by atoms with Gasteiger partial charge in [-0.05, 0) is 12.1 Å². The van der Waals surface area contributed by atoms with Crippen LogP contribution in [0, 0.1) is 34.9 Å². The molecule has 2 N–H and O–H groups in total. The largest absolute Gasteiger partial charge is 0.383 e. The first-order valence-electron chi connectivity index (χ1n) is 12.2.